The molecule has 1 fully saturated rings. The summed E-state index contributed by atoms with van der Waals surface area (Å²) < 4.78 is 5.23. The number of rotatable bonds is 8. The quantitative estimate of drug-likeness (QED) is 0.745. The fourth-order valence-corrected chi connectivity index (χ4v) is 3.54. The van der Waals surface area contributed by atoms with Gasteiger partial charge in [-0.15, -0.1) is 0 Å². The van der Waals surface area contributed by atoms with E-state index in [1.165, 1.54) is 25.5 Å². The number of ether oxygens (including phenoxy) is 1. The molecule has 2 amide bonds. The van der Waals surface area contributed by atoms with Gasteiger partial charge in [-0.25, -0.2) is 0 Å². The third kappa shape index (κ3) is 5.98. The van der Waals surface area contributed by atoms with Gasteiger partial charge < -0.3 is 19.9 Å². The number of nitrogens with one attached hydrogen (secondary N) is 1. The van der Waals surface area contributed by atoms with E-state index in [9.17, 15) is 9.59 Å². The van der Waals surface area contributed by atoms with Gasteiger partial charge in [0.15, 0.2) is 0 Å². The molecule has 1 aliphatic heterocycles. The predicted molar refractivity (Wildman–Crippen MR) is 115 cm³/mol. The molecule has 0 aliphatic carbocycles. The molecule has 0 aromatic heterocycles. The summed E-state index contributed by atoms with van der Waals surface area (Å²) >= 11 is 0. The highest BCUT2D eigenvalue weighted by molar-refractivity contribution is 5.94. The first-order chi connectivity index (χ1) is 14.0. The maximum absolute atomic E-state index is 12.4. The van der Waals surface area contributed by atoms with Crippen molar-refractivity contribution >= 4 is 23.2 Å². The summed E-state index contributed by atoms with van der Waals surface area (Å²) in [5.41, 5.74) is 2.99. The standard InChI is InChI=1S/C23H29N3O3/c1-18(27)26(15-12-19-6-5-7-22(16-19)29-2)17-23(28)24-20-8-10-21(11-9-20)25-13-3-4-14-25/h5-11,16H,3-4,12-15,17H2,1-2H3,(H,24,28). The van der Waals surface area contributed by atoms with Gasteiger partial charge in [0.2, 0.25) is 11.8 Å². The summed E-state index contributed by atoms with van der Waals surface area (Å²) in [5.74, 6) is 0.471. The van der Waals surface area contributed by atoms with Crippen LogP contribution in [-0.4, -0.2) is 50.0 Å². The summed E-state index contributed by atoms with van der Waals surface area (Å²) in [5, 5.41) is 2.89. The first-order valence-electron chi connectivity index (χ1n) is 10.1. The molecular formula is C23H29N3O3. The van der Waals surface area contributed by atoms with Gasteiger partial charge >= 0.3 is 0 Å². The number of hydrogen-bond acceptors (Lipinski definition) is 4. The van der Waals surface area contributed by atoms with Crippen LogP contribution in [0.1, 0.15) is 25.3 Å². The van der Waals surface area contributed by atoms with Crippen LogP contribution in [0.4, 0.5) is 11.4 Å². The molecule has 1 N–H and O–H groups in total. The van der Waals surface area contributed by atoms with E-state index in [0.717, 1.165) is 30.1 Å². The minimum absolute atomic E-state index is 0.0349. The van der Waals surface area contributed by atoms with Crippen molar-refractivity contribution in [3.05, 3.63) is 54.1 Å². The van der Waals surface area contributed by atoms with Crippen molar-refractivity contribution in [1.29, 1.82) is 0 Å². The fraction of sp³-hybridized carbons (Fsp3) is 0.391. The van der Waals surface area contributed by atoms with Gasteiger partial charge in [0.1, 0.15) is 5.75 Å². The Morgan fingerprint density at radius 1 is 1.10 bits per heavy atom. The molecule has 1 aliphatic rings. The summed E-state index contributed by atoms with van der Waals surface area (Å²) in [6.45, 7) is 4.18. The molecule has 0 saturated carbocycles. The van der Waals surface area contributed by atoms with Crippen LogP contribution in [0.5, 0.6) is 5.75 Å². The van der Waals surface area contributed by atoms with Gasteiger partial charge in [-0.3, -0.25) is 9.59 Å². The Kier molecular flexibility index (Phi) is 7.11. The van der Waals surface area contributed by atoms with E-state index in [4.69, 9.17) is 4.74 Å². The molecule has 0 unspecified atom stereocenters. The Bertz CT molecular complexity index is 830. The zero-order chi connectivity index (χ0) is 20.6. The number of nitrogens with zero attached hydrogens (tertiary/aromatic N) is 2. The lowest BCUT2D eigenvalue weighted by Gasteiger charge is -2.21. The third-order valence-electron chi connectivity index (χ3n) is 5.21. The van der Waals surface area contributed by atoms with Crippen molar-refractivity contribution in [2.75, 3.05) is 43.5 Å². The van der Waals surface area contributed by atoms with Crippen LogP contribution in [0.25, 0.3) is 0 Å². The number of carbonyl (C=O) groups is 2. The third-order valence-corrected chi connectivity index (χ3v) is 5.21. The first kappa shape index (κ1) is 20.7. The predicted octanol–water partition coefficient (Wildman–Crippen LogP) is 3.33. The molecule has 154 valence electrons. The van der Waals surface area contributed by atoms with Gasteiger partial charge in [0.05, 0.1) is 13.7 Å². The van der Waals surface area contributed by atoms with E-state index < -0.39 is 0 Å². The van der Waals surface area contributed by atoms with Gasteiger partial charge in [0.25, 0.3) is 0 Å². The number of hydrogen-bond donors (Lipinski definition) is 1. The largest absolute Gasteiger partial charge is 0.497 e. The Labute approximate surface area is 172 Å². The molecule has 0 radical (unpaired) electrons. The molecule has 6 nitrogen and oxygen atoms in total. The SMILES string of the molecule is COc1cccc(CCN(CC(=O)Nc2ccc(N3CCCC3)cc2)C(C)=O)c1. The molecule has 1 heterocycles. The summed E-state index contributed by atoms with van der Waals surface area (Å²) in [4.78, 5) is 28.3. The normalized spacial score (nSPS) is 13.2. The van der Waals surface area contributed by atoms with E-state index in [1.807, 2.05) is 48.5 Å². The second-order valence-electron chi connectivity index (χ2n) is 7.33. The van der Waals surface area contributed by atoms with E-state index in [-0.39, 0.29) is 18.4 Å². The molecule has 0 spiro atoms. The maximum Gasteiger partial charge on any atom is 0.243 e. The molecule has 2 aromatic carbocycles. The zero-order valence-corrected chi connectivity index (χ0v) is 17.2. The molecule has 1 saturated heterocycles. The average molecular weight is 396 g/mol. The summed E-state index contributed by atoms with van der Waals surface area (Å²) in [7, 11) is 1.63. The summed E-state index contributed by atoms with van der Waals surface area (Å²) in [6.07, 6.45) is 3.12. The highest BCUT2D eigenvalue weighted by Gasteiger charge is 2.15. The Morgan fingerprint density at radius 3 is 2.48 bits per heavy atom. The van der Waals surface area contributed by atoms with Crippen LogP contribution in [0.2, 0.25) is 0 Å². The van der Waals surface area contributed by atoms with E-state index in [1.54, 1.807) is 12.0 Å². The number of anilines is 2. The van der Waals surface area contributed by atoms with Crippen molar-refractivity contribution in [3.63, 3.8) is 0 Å². The van der Waals surface area contributed by atoms with Crippen molar-refractivity contribution in [2.45, 2.75) is 26.2 Å². The lowest BCUT2D eigenvalue weighted by atomic mass is 10.1. The Balaban J connectivity index is 1.52. The minimum atomic E-state index is -0.195. The molecule has 0 atom stereocenters. The second-order valence-corrected chi connectivity index (χ2v) is 7.33. The van der Waals surface area contributed by atoms with E-state index in [2.05, 4.69) is 10.2 Å². The minimum Gasteiger partial charge on any atom is -0.497 e. The maximum atomic E-state index is 12.4. The fourth-order valence-electron chi connectivity index (χ4n) is 3.54. The molecule has 6 heteroatoms. The van der Waals surface area contributed by atoms with Gasteiger partial charge in [-0.05, 0) is 61.2 Å². The lowest BCUT2D eigenvalue weighted by molar-refractivity contribution is -0.132. The Morgan fingerprint density at radius 2 is 1.83 bits per heavy atom. The van der Waals surface area contributed by atoms with E-state index in [0.29, 0.717) is 13.0 Å². The van der Waals surface area contributed by atoms with Crippen LogP contribution < -0.4 is 15.0 Å². The molecule has 3 rings (SSSR count). The first-order valence-corrected chi connectivity index (χ1v) is 10.1. The van der Waals surface area contributed by atoms with Crippen LogP contribution >= 0.6 is 0 Å². The van der Waals surface area contributed by atoms with Crippen molar-refractivity contribution in [2.24, 2.45) is 0 Å². The smallest absolute Gasteiger partial charge is 0.243 e. The van der Waals surface area contributed by atoms with Gasteiger partial charge in [-0.2, -0.15) is 0 Å². The lowest BCUT2D eigenvalue weighted by Crippen LogP contribution is -2.38. The molecular weight excluding hydrogens is 366 g/mol. The molecule has 0 bridgehead atoms. The average Bonchev–Trinajstić information content (AvgIpc) is 3.26. The van der Waals surface area contributed by atoms with Crippen LogP contribution in [0, 0.1) is 0 Å². The van der Waals surface area contributed by atoms with Crippen LogP contribution in [0.3, 0.4) is 0 Å². The number of carbonyl (C=O) groups excluding carboxylic acids is 2. The highest BCUT2D eigenvalue weighted by Crippen LogP contribution is 2.22. The zero-order valence-electron chi connectivity index (χ0n) is 17.2. The van der Waals surface area contributed by atoms with Gasteiger partial charge in [-0.1, -0.05) is 12.1 Å². The molecule has 2 aromatic rings. The number of amides is 2. The molecule has 29 heavy (non-hydrogen) atoms. The van der Waals surface area contributed by atoms with Crippen LogP contribution in [-0.2, 0) is 16.0 Å². The van der Waals surface area contributed by atoms with Gasteiger partial charge in [0, 0.05) is 37.9 Å². The monoisotopic (exact) mass is 395 g/mol. The highest BCUT2D eigenvalue weighted by atomic mass is 16.5. The van der Waals surface area contributed by atoms with Crippen molar-refractivity contribution in [3.8, 4) is 5.75 Å². The summed E-state index contributed by atoms with van der Waals surface area (Å²) in [6, 6.07) is 15.6. The number of benzene rings is 2. The van der Waals surface area contributed by atoms with Crippen molar-refractivity contribution < 1.29 is 14.3 Å². The van der Waals surface area contributed by atoms with Crippen molar-refractivity contribution in [1.82, 2.24) is 4.90 Å². The second kappa shape index (κ2) is 9.96. The van der Waals surface area contributed by atoms with Crippen LogP contribution in [0.15, 0.2) is 48.5 Å². The number of methoxy groups -OCH3 is 1. The van der Waals surface area contributed by atoms with E-state index >= 15 is 0 Å². The Hall–Kier alpha value is -3.02. The topological polar surface area (TPSA) is 61.9 Å².